The number of piperazine rings is 1. The number of carboxylic acids is 1. The van der Waals surface area contributed by atoms with Gasteiger partial charge in [0.15, 0.2) is 5.60 Å². The molecule has 4 fully saturated rings. The van der Waals surface area contributed by atoms with Crippen LogP contribution in [0.5, 0.6) is 5.75 Å². The zero-order valence-electron chi connectivity index (χ0n) is 51.3. The average Bonchev–Trinajstić information content (AvgIpc) is 1.69. The Balaban J connectivity index is 0.682. The smallest absolute Gasteiger partial charge is 0.322 e. The molecule has 0 aliphatic carbocycles. The number of aromatic nitrogens is 5. The van der Waals surface area contributed by atoms with Crippen molar-refractivity contribution in [3.63, 3.8) is 0 Å². The number of nitrogens with one attached hydrogen (secondary N) is 3. The molecule has 5 aliphatic rings. The van der Waals surface area contributed by atoms with Crippen molar-refractivity contribution in [2.24, 2.45) is 13.0 Å². The number of aryl methyl sites for hydroxylation is 1. The normalized spacial score (nSPS) is 18.9. The molecule has 26 heteroatoms. The van der Waals surface area contributed by atoms with Gasteiger partial charge in [-0.1, -0.05) is 60.1 Å². The topological polar surface area (TPSA) is 267 Å². The summed E-state index contributed by atoms with van der Waals surface area (Å²) >= 11 is 8.04. The molecule has 0 bridgehead atoms. The molecule has 0 spiro atoms. The molecular weight excluding hydrogens is 1230 g/mol. The largest absolute Gasteiger partial charge is 0.480 e. The van der Waals surface area contributed by atoms with Crippen LogP contribution in [0.25, 0.3) is 53.7 Å². The molecule has 4 N–H and O–H groups in total. The van der Waals surface area contributed by atoms with Gasteiger partial charge in [-0.3, -0.25) is 52.6 Å². The van der Waals surface area contributed by atoms with E-state index in [1.807, 2.05) is 83.6 Å². The lowest BCUT2D eigenvalue weighted by Crippen LogP contribution is -2.62. The number of thiazole rings is 1. The van der Waals surface area contributed by atoms with Crippen LogP contribution in [0.1, 0.15) is 68.0 Å². The predicted octanol–water partition coefficient (Wildman–Crippen LogP) is 6.63. The van der Waals surface area contributed by atoms with E-state index < -0.39 is 60.2 Å². The first kappa shape index (κ1) is 62.5. The molecule has 0 saturated carbocycles. The maximum atomic E-state index is 16.2. The van der Waals surface area contributed by atoms with Gasteiger partial charge in [0.05, 0.1) is 56.2 Å². The number of anilines is 1. The molecule has 5 aliphatic heterocycles. The number of hydrogen-bond acceptors (Lipinski definition) is 14. The highest BCUT2D eigenvalue weighted by Crippen LogP contribution is 2.44. The number of halogens is 2. The Bertz CT molecular complexity index is 4300. The van der Waals surface area contributed by atoms with Crippen molar-refractivity contribution in [2.75, 3.05) is 84.4 Å². The van der Waals surface area contributed by atoms with Crippen LogP contribution < -0.4 is 20.7 Å². The van der Waals surface area contributed by atoms with Crippen molar-refractivity contribution in [1.82, 2.24) is 59.7 Å². The second kappa shape index (κ2) is 26.0. The number of likely N-dealkylation sites (N-methyl/N-ethyl adjacent to an activating group) is 1. The quantitative estimate of drug-likeness (QED) is 0.0840. The van der Waals surface area contributed by atoms with Gasteiger partial charge in [0.1, 0.15) is 35.7 Å². The molecule has 23 nitrogen and oxygen atoms in total. The van der Waals surface area contributed by atoms with E-state index in [1.54, 1.807) is 56.9 Å². The van der Waals surface area contributed by atoms with Gasteiger partial charge in [-0.15, -0.1) is 11.3 Å². The lowest BCUT2D eigenvalue weighted by molar-refractivity contribution is -0.158. The van der Waals surface area contributed by atoms with Gasteiger partial charge >= 0.3 is 5.97 Å². The lowest BCUT2D eigenvalue weighted by atomic mass is 9.85. The van der Waals surface area contributed by atoms with Crippen molar-refractivity contribution in [3.8, 4) is 27.4 Å². The van der Waals surface area contributed by atoms with Crippen LogP contribution in [0.4, 0.5) is 10.1 Å². The summed E-state index contributed by atoms with van der Waals surface area (Å²) in [6, 6.07) is 28.3. The van der Waals surface area contributed by atoms with Crippen molar-refractivity contribution in [1.29, 1.82) is 0 Å². The molecule has 2 atom stereocenters. The number of piperidine rings is 3. The molecule has 7 amide bonds. The molecule has 8 aromatic rings. The molecular formula is C67H69ClFN13O10S. The summed E-state index contributed by atoms with van der Waals surface area (Å²) < 4.78 is 27.3. The Kier molecular flexibility index (Phi) is 17.5. The number of nitrogens with zero attached hydrogens (tertiary/aromatic N) is 10. The van der Waals surface area contributed by atoms with Gasteiger partial charge in [0.25, 0.3) is 5.91 Å². The van der Waals surface area contributed by atoms with Crippen LogP contribution in [0, 0.1) is 11.7 Å². The molecule has 93 heavy (non-hydrogen) atoms. The van der Waals surface area contributed by atoms with Gasteiger partial charge in [0, 0.05) is 119 Å². The van der Waals surface area contributed by atoms with Crippen molar-refractivity contribution < 1.29 is 52.6 Å². The number of likely N-dealkylation sites (tertiary alicyclic amines) is 3. The van der Waals surface area contributed by atoms with Gasteiger partial charge in [-0.25, -0.2) is 9.37 Å². The van der Waals surface area contributed by atoms with Gasteiger partial charge in [-0.2, -0.15) is 10.2 Å². The number of carbonyl (C=O) groups excluding carboxylic acids is 7. The fraction of sp³-hybridized carbons (Fsp3) is 0.388. The van der Waals surface area contributed by atoms with Crippen LogP contribution in [0.3, 0.4) is 0 Å². The molecule has 482 valence electrons. The minimum Gasteiger partial charge on any atom is -0.480 e. The maximum absolute atomic E-state index is 16.2. The van der Waals surface area contributed by atoms with E-state index in [0.29, 0.717) is 118 Å². The Morgan fingerprint density at radius 1 is 0.742 bits per heavy atom. The van der Waals surface area contributed by atoms with E-state index in [0.717, 1.165) is 15.8 Å². The fourth-order valence-electron chi connectivity index (χ4n) is 13.9. The highest BCUT2D eigenvalue weighted by atomic mass is 35.5. The van der Waals surface area contributed by atoms with E-state index >= 15 is 9.18 Å². The highest BCUT2D eigenvalue weighted by molar-refractivity contribution is 7.22. The summed E-state index contributed by atoms with van der Waals surface area (Å²) in [4.78, 5) is 123. The summed E-state index contributed by atoms with van der Waals surface area (Å²) in [7, 11) is 3.66. The number of ether oxygens (including phenoxy) is 1. The van der Waals surface area contributed by atoms with Gasteiger partial charge in [0.2, 0.25) is 35.4 Å². The fourth-order valence-corrected chi connectivity index (χ4v) is 15.2. The molecule has 13 rings (SSSR count). The number of benzene rings is 5. The number of para-hydroxylation sites is 2. The van der Waals surface area contributed by atoms with E-state index in [4.69, 9.17) is 31.5 Å². The summed E-state index contributed by atoms with van der Waals surface area (Å²) in [5.74, 6) is -4.62. The number of carboxylic acid groups (broad SMARTS) is 1. The van der Waals surface area contributed by atoms with Crippen LogP contribution in [0.2, 0.25) is 5.02 Å². The summed E-state index contributed by atoms with van der Waals surface area (Å²) in [5.41, 5.74) is 4.14. The Morgan fingerprint density at radius 3 is 2.23 bits per heavy atom. The predicted molar refractivity (Wildman–Crippen MR) is 346 cm³/mol. The third-order valence-electron chi connectivity index (χ3n) is 19.0. The Morgan fingerprint density at radius 2 is 1.45 bits per heavy atom. The van der Waals surface area contributed by atoms with Crippen LogP contribution in [0.15, 0.2) is 103 Å². The SMILES string of the molecule is CN1CCN(C(=O)C2CCN(C(=O)C3(Oc4ccccc4-c4nc5cccc(Cl)c5s4)CCN(C(=O)[C@H]4CC(=O)Nc5ccccc54)CC3)CC2)CC1C(=O)N1CCC(c2nn(CC(=O)NCC(=O)NCC(=O)O)c3cccc(-c4cc5c(cnn5C)cc4F)c23)CC1. The first-order chi connectivity index (χ1) is 44.9. The number of fused-ring (bicyclic) bond motifs is 4. The highest BCUT2D eigenvalue weighted by Gasteiger charge is 2.50. The second-order valence-electron chi connectivity index (χ2n) is 24.7. The number of aliphatic carboxylic acids is 1. The Hall–Kier alpha value is -9.33. The van der Waals surface area contributed by atoms with Crippen molar-refractivity contribution in [2.45, 2.75) is 75.0 Å². The first-order valence-corrected chi connectivity index (χ1v) is 32.5. The number of rotatable bonds is 15. The average molecular weight is 1300 g/mol. The number of hydrogen-bond donors (Lipinski definition) is 4. The van der Waals surface area contributed by atoms with E-state index in [1.165, 1.54) is 22.1 Å². The van der Waals surface area contributed by atoms with Gasteiger partial charge in [-0.05, 0) is 92.4 Å². The third kappa shape index (κ3) is 12.5. The van der Waals surface area contributed by atoms with Crippen molar-refractivity contribution >= 4 is 108 Å². The third-order valence-corrected chi connectivity index (χ3v) is 20.6. The molecule has 3 aromatic heterocycles. The number of amides is 7. The standard InChI is InChI=1S/C67H69ClFN13O10S/c1-76-29-30-81(37-53(76)65(90)78-23-17-39(18-24-78)60-59-43(45-32-52-41(31-48(45)69)34-72-77(52)2)11-7-15-51(59)82(75-60)38-57(85)70-35-56(84)71-36-58(86)87)63(88)40-19-25-80(26-20-40)66(91)67(92-54-16-6-4-10-44(54)62-74-50-14-8-12-47(68)61(50)93-62)21-27-79(28-22-67)64(89)46-33-55(83)73-49-13-5-3-9-42(46)49/h3-16,31-32,34,39-40,46,53H,17-30,33,35-38H2,1-2H3,(H,70,85)(H,71,84)(H,73,83)(H,86,87)/t46-,53?/m0/s1. The first-order valence-electron chi connectivity index (χ1n) is 31.3. The summed E-state index contributed by atoms with van der Waals surface area (Å²) in [6.07, 6.45) is 3.71. The molecule has 0 radical (unpaired) electrons. The van der Waals surface area contributed by atoms with E-state index in [9.17, 15) is 33.6 Å². The minimum absolute atomic E-state index is 0.0115. The van der Waals surface area contributed by atoms with E-state index in [-0.39, 0.29) is 94.0 Å². The van der Waals surface area contributed by atoms with Crippen LogP contribution in [-0.4, -0.2) is 192 Å². The minimum atomic E-state index is -1.40. The molecule has 4 saturated heterocycles. The number of carbonyl (C=O) groups is 8. The monoisotopic (exact) mass is 1300 g/mol. The zero-order valence-corrected chi connectivity index (χ0v) is 52.9. The van der Waals surface area contributed by atoms with Crippen LogP contribution >= 0.6 is 22.9 Å². The van der Waals surface area contributed by atoms with Crippen LogP contribution in [-0.2, 0) is 51.9 Å². The zero-order chi connectivity index (χ0) is 64.8. The van der Waals surface area contributed by atoms with E-state index in [2.05, 4.69) is 21.0 Å². The molecule has 1 unspecified atom stereocenters. The Labute approximate surface area is 542 Å². The van der Waals surface area contributed by atoms with Crippen molar-refractivity contribution in [3.05, 3.63) is 125 Å². The lowest BCUT2D eigenvalue weighted by Gasteiger charge is -2.46. The second-order valence-corrected chi connectivity index (χ2v) is 26.1. The molecule has 5 aromatic carbocycles. The van der Waals surface area contributed by atoms with Gasteiger partial charge < -0.3 is 45.4 Å². The summed E-state index contributed by atoms with van der Waals surface area (Å²) in [5, 5.41) is 28.4. The molecule has 8 heterocycles. The summed E-state index contributed by atoms with van der Waals surface area (Å²) in [6.45, 7) is 1.41. The maximum Gasteiger partial charge on any atom is 0.322 e.